The summed E-state index contributed by atoms with van der Waals surface area (Å²) < 4.78 is 8.98. The molecule has 284 valence electrons. The normalized spacial score (nSPS) is 19.5. The van der Waals surface area contributed by atoms with E-state index in [9.17, 15) is 24.3 Å². The van der Waals surface area contributed by atoms with Gasteiger partial charge in [-0.15, -0.1) is 11.3 Å². The number of thiophene rings is 1. The van der Waals surface area contributed by atoms with Gasteiger partial charge in [0.15, 0.2) is 11.9 Å². The number of aliphatic hydroxyl groups excluding tert-OH is 1. The Bertz CT molecular complexity index is 1790. The van der Waals surface area contributed by atoms with Gasteiger partial charge in [0.2, 0.25) is 17.7 Å². The maximum Gasteiger partial charge on any atom is 0.315 e. The molecule has 16 heteroatoms. The van der Waals surface area contributed by atoms with Crippen molar-refractivity contribution in [2.45, 2.75) is 129 Å². The summed E-state index contributed by atoms with van der Waals surface area (Å²) in [6.07, 6.45) is 0.620. The van der Waals surface area contributed by atoms with Crippen molar-refractivity contribution in [2.24, 2.45) is 12.5 Å². The van der Waals surface area contributed by atoms with E-state index in [1.54, 1.807) is 4.68 Å². The van der Waals surface area contributed by atoms with Gasteiger partial charge >= 0.3 is 6.03 Å². The molecule has 1 saturated heterocycles. The van der Waals surface area contributed by atoms with E-state index in [-0.39, 0.29) is 19.0 Å². The van der Waals surface area contributed by atoms with Gasteiger partial charge in [0.05, 0.1) is 23.8 Å². The Morgan fingerprint density at radius 1 is 1.10 bits per heavy atom. The number of likely N-dealkylation sites (tertiary alicyclic amines) is 1. The van der Waals surface area contributed by atoms with E-state index >= 15 is 0 Å². The van der Waals surface area contributed by atoms with Crippen LogP contribution in [0.15, 0.2) is 17.5 Å². The maximum atomic E-state index is 14.5. The van der Waals surface area contributed by atoms with Gasteiger partial charge in [-0.25, -0.2) is 9.78 Å². The van der Waals surface area contributed by atoms with Crippen molar-refractivity contribution in [3.05, 3.63) is 23.2 Å². The minimum Gasteiger partial charge on any atom is -0.471 e. The molecule has 15 nitrogen and oxygen atoms in total. The zero-order valence-electron chi connectivity index (χ0n) is 31.6. The fraction of sp³-hybridized carbons (Fsp3) is 0.639. The number of hydrogen-bond donors (Lipinski definition) is 5. The predicted molar refractivity (Wildman–Crippen MR) is 198 cm³/mol. The number of aryl methyl sites for hydroxylation is 2. The molecule has 2 fully saturated rings. The molecule has 2 aliphatic rings. The summed E-state index contributed by atoms with van der Waals surface area (Å²) in [4.78, 5) is 65.6. The summed E-state index contributed by atoms with van der Waals surface area (Å²) in [5.74, 6) is -0.785. The van der Waals surface area contributed by atoms with Crippen LogP contribution >= 0.6 is 11.3 Å². The number of carbonyl (C=O) groups is 4. The average molecular weight is 740 g/mol. The number of ether oxygens (including phenoxy) is 1. The SMILES string of the molecule is CCC[C@H](NC(=O)C1CC(Oc2nc(-c3cc(C)nn3C)nc3ccsc23)CN1C(=O)[C@@H](NC(=O)NC(C)(C)C)C(C)(C)C)C(O)C(=O)NC1CC1. The number of urea groups is 1. The molecule has 1 saturated carbocycles. The van der Waals surface area contributed by atoms with Crippen molar-refractivity contribution in [3.63, 3.8) is 0 Å². The molecule has 0 bridgehead atoms. The molecule has 3 aromatic rings. The first-order valence-corrected chi connectivity index (χ1v) is 18.8. The van der Waals surface area contributed by atoms with Crippen molar-refractivity contribution >= 4 is 45.3 Å². The number of nitrogens with zero attached hydrogens (tertiary/aromatic N) is 5. The third-order valence-electron chi connectivity index (χ3n) is 9.01. The molecule has 3 aromatic heterocycles. The largest absolute Gasteiger partial charge is 0.471 e. The highest BCUT2D eigenvalue weighted by Crippen LogP contribution is 2.34. The molecule has 5 N–H and O–H groups in total. The lowest BCUT2D eigenvalue weighted by Gasteiger charge is -2.36. The van der Waals surface area contributed by atoms with Gasteiger partial charge in [-0.2, -0.15) is 10.1 Å². The summed E-state index contributed by atoms with van der Waals surface area (Å²) in [6.45, 7) is 14.9. The molecular weight excluding hydrogens is 687 g/mol. The van der Waals surface area contributed by atoms with Crippen LogP contribution in [0, 0.1) is 12.3 Å². The van der Waals surface area contributed by atoms with E-state index in [0.717, 1.165) is 18.5 Å². The Morgan fingerprint density at radius 2 is 1.81 bits per heavy atom. The summed E-state index contributed by atoms with van der Waals surface area (Å²) in [7, 11) is 1.81. The number of nitrogens with one attached hydrogen (secondary N) is 4. The van der Waals surface area contributed by atoms with Gasteiger partial charge in [-0.1, -0.05) is 34.1 Å². The molecule has 0 radical (unpaired) electrons. The van der Waals surface area contributed by atoms with Crippen LogP contribution in [0.4, 0.5) is 4.79 Å². The first-order chi connectivity index (χ1) is 24.3. The van der Waals surface area contributed by atoms with Gasteiger partial charge in [-0.05, 0) is 69.9 Å². The number of hydrogen-bond acceptors (Lipinski definition) is 10. The van der Waals surface area contributed by atoms with Gasteiger partial charge < -0.3 is 36.0 Å². The number of amides is 5. The lowest BCUT2D eigenvalue weighted by atomic mass is 9.85. The smallest absolute Gasteiger partial charge is 0.315 e. The Kier molecular flexibility index (Phi) is 11.5. The quantitative estimate of drug-likeness (QED) is 0.186. The Labute approximate surface area is 308 Å². The minimum atomic E-state index is -1.46. The second kappa shape index (κ2) is 15.3. The Hall–Kier alpha value is -4.31. The summed E-state index contributed by atoms with van der Waals surface area (Å²) in [5.41, 5.74) is 0.910. The fourth-order valence-corrected chi connectivity index (χ4v) is 7.06. The maximum absolute atomic E-state index is 14.5. The lowest BCUT2D eigenvalue weighted by molar-refractivity contribution is -0.143. The highest BCUT2D eigenvalue weighted by molar-refractivity contribution is 7.17. The van der Waals surface area contributed by atoms with Gasteiger partial charge in [0.1, 0.15) is 28.6 Å². The number of carbonyl (C=O) groups excluding carboxylic acids is 4. The van der Waals surface area contributed by atoms with Crippen LogP contribution in [-0.2, 0) is 21.4 Å². The third-order valence-corrected chi connectivity index (χ3v) is 9.90. The van der Waals surface area contributed by atoms with E-state index < -0.39 is 65.0 Å². The van der Waals surface area contributed by atoms with Gasteiger partial charge in [0, 0.05) is 25.0 Å². The van der Waals surface area contributed by atoms with Crippen molar-refractivity contribution in [2.75, 3.05) is 6.54 Å². The van der Waals surface area contributed by atoms with Crippen molar-refractivity contribution in [1.29, 1.82) is 0 Å². The molecule has 5 atom stereocenters. The van der Waals surface area contributed by atoms with Crippen molar-refractivity contribution in [1.82, 2.24) is 45.9 Å². The van der Waals surface area contributed by atoms with Crippen molar-refractivity contribution < 1.29 is 29.0 Å². The summed E-state index contributed by atoms with van der Waals surface area (Å²) in [5, 5.41) is 28.7. The molecule has 52 heavy (non-hydrogen) atoms. The molecule has 3 unspecified atom stereocenters. The van der Waals surface area contributed by atoms with Crippen LogP contribution < -0.4 is 26.0 Å². The molecule has 0 aromatic carbocycles. The fourth-order valence-electron chi connectivity index (χ4n) is 6.30. The van der Waals surface area contributed by atoms with Crippen LogP contribution in [0.3, 0.4) is 0 Å². The second-order valence-corrected chi connectivity index (χ2v) is 17.0. The first kappa shape index (κ1) is 38.9. The van der Waals surface area contributed by atoms with E-state index in [0.29, 0.717) is 40.5 Å². The minimum absolute atomic E-state index is 0.0201. The standard InChI is InChI=1S/C36H53N9O6S/c1-10-11-22(26(46)31(48)37-20-12-13-20)39-30(47)25-17-21(18-45(25)33(49)28(35(3,4)5)40-34(50)42-36(6,7)8)51-32-27-23(14-15-52-27)38-29(41-32)24-16-19(2)43-44(24)9/h14-16,20-22,25-26,28,46H,10-13,17-18H2,1-9H3,(H,37,48)(H,39,47)(H2,40,42,50)/t21?,22-,25?,26?,28+/m0/s1. The zero-order chi connectivity index (χ0) is 38.1. The molecular formula is C36H53N9O6S. The highest BCUT2D eigenvalue weighted by atomic mass is 32.1. The van der Waals surface area contributed by atoms with Crippen LogP contribution in [0.5, 0.6) is 5.88 Å². The average Bonchev–Trinajstić information content (AvgIpc) is 3.38. The van der Waals surface area contributed by atoms with Gasteiger partial charge in [-0.3, -0.25) is 19.1 Å². The number of fused-ring (bicyclic) bond motifs is 1. The molecule has 4 heterocycles. The van der Waals surface area contributed by atoms with Crippen LogP contribution in [0.1, 0.15) is 86.3 Å². The summed E-state index contributed by atoms with van der Waals surface area (Å²) in [6, 6.07) is 0.371. The first-order valence-electron chi connectivity index (χ1n) is 18.0. The monoisotopic (exact) mass is 739 g/mol. The second-order valence-electron chi connectivity index (χ2n) is 16.0. The van der Waals surface area contributed by atoms with E-state index in [1.807, 2.05) is 80.0 Å². The highest BCUT2D eigenvalue weighted by Gasteiger charge is 2.47. The molecule has 5 rings (SSSR count). The van der Waals surface area contributed by atoms with Crippen LogP contribution in [-0.4, -0.2) is 102 Å². The van der Waals surface area contributed by atoms with E-state index in [2.05, 4.69) is 26.4 Å². The lowest BCUT2D eigenvalue weighted by Crippen LogP contribution is -2.61. The predicted octanol–water partition coefficient (Wildman–Crippen LogP) is 3.19. The molecule has 5 amide bonds. The molecule has 0 spiro atoms. The zero-order valence-corrected chi connectivity index (χ0v) is 32.4. The molecule has 1 aliphatic heterocycles. The van der Waals surface area contributed by atoms with Crippen LogP contribution in [0.2, 0.25) is 0 Å². The van der Waals surface area contributed by atoms with Crippen molar-refractivity contribution in [3.8, 4) is 17.4 Å². The number of aliphatic hydroxyl groups is 1. The summed E-state index contributed by atoms with van der Waals surface area (Å²) >= 11 is 1.42. The van der Waals surface area contributed by atoms with E-state index in [1.165, 1.54) is 16.2 Å². The third kappa shape index (κ3) is 9.37. The number of aromatic nitrogens is 4. The Balaban J connectivity index is 1.46. The topological polar surface area (TPSA) is 193 Å². The van der Waals surface area contributed by atoms with E-state index in [4.69, 9.17) is 14.7 Å². The number of rotatable bonds is 12. The van der Waals surface area contributed by atoms with Crippen LogP contribution in [0.25, 0.3) is 21.7 Å². The Morgan fingerprint density at radius 3 is 2.40 bits per heavy atom. The molecule has 1 aliphatic carbocycles. The van der Waals surface area contributed by atoms with Gasteiger partial charge in [0.25, 0.3) is 5.91 Å².